The molecule has 0 saturated carbocycles. The monoisotopic (exact) mass is 369 g/mol. The van der Waals surface area contributed by atoms with Crippen LogP contribution in [0, 0.1) is 0 Å². The predicted octanol–water partition coefficient (Wildman–Crippen LogP) is 2.90. The lowest BCUT2D eigenvalue weighted by molar-refractivity contribution is -0.121. The number of carbonyl (C=O) groups excluding carboxylic acids is 2. The second-order valence-electron chi connectivity index (χ2n) is 5.34. The molecule has 1 aromatic carbocycles. The van der Waals surface area contributed by atoms with E-state index in [2.05, 4.69) is 26.6 Å². The van der Waals surface area contributed by atoms with E-state index in [-0.39, 0.29) is 18.0 Å². The largest absolute Gasteiger partial charge is 0.354 e. The Hall–Kier alpha value is -1.56. The standard InChI is InChI=1S/C16H24BrN3O2/c1-4-12(2)19-15(21)9-10-18-16(22)20(3)11-13-5-7-14(17)8-6-13/h5-8,12H,4,9-11H2,1-3H3,(H,18,22)(H,19,21). The minimum absolute atomic E-state index is 0.0368. The molecule has 5 nitrogen and oxygen atoms in total. The van der Waals surface area contributed by atoms with Crippen molar-refractivity contribution in [3.63, 3.8) is 0 Å². The zero-order valence-corrected chi connectivity index (χ0v) is 14.9. The van der Waals surface area contributed by atoms with Crippen LogP contribution in [0.5, 0.6) is 0 Å². The average molecular weight is 370 g/mol. The lowest BCUT2D eigenvalue weighted by atomic mass is 10.2. The Morgan fingerprint density at radius 1 is 1.27 bits per heavy atom. The summed E-state index contributed by atoms with van der Waals surface area (Å²) in [4.78, 5) is 25.1. The van der Waals surface area contributed by atoms with Gasteiger partial charge in [-0.05, 0) is 31.0 Å². The Morgan fingerprint density at radius 2 is 1.91 bits per heavy atom. The van der Waals surface area contributed by atoms with Crippen molar-refractivity contribution in [1.29, 1.82) is 0 Å². The predicted molar refractivity (Wildman–Crippen MR) is 91.5 cm³/mol. The first-order valence-electron chi connectivity index (χ1n) is 7.45. The highest BCUT2D eigenvalue weighted by Crippen LogP contribution is 2.11. The van der Waals surface area contributed by atoms with E-state index in [1.165, 1.54) is 0 Å². The number of carbonyl (C=O) groups is 2. The fourth-order valence-electron chi connectivity index (χ4n) is 1.80. The molecule has 2 N–H and O–H groups in total. The molecule has 3 amide bonds. The van der Waals surface area contributed by atoms with Crippen molar-refractivity contribution >= 4 is 27.9 Å². The van der Waals surface area contributed by atoms with Gasteiger partial charge >= 0.3 is 6.03 Å². The van der Waals surface area contributed by atoms with Crippen LogP contribution < -0.4 is 10.6 Å². The molecule has 0 aliphatic rings. The zero-order chi connectivity index (χ0) is 16.5. The van der Waals surface area contributed by atoms with Gasteiger partial charge in [0.1, 0.15) is 0 Å². The highest BCUT2D eigenvalue weighted by Gasteiger charge is 2.10. The maximum Gasteiger partial charge on any atom is 0.317 e. The second kappa shape index (κ2) is 9.46. The summed E-state index contributed by atoms with van der Waals surface area (Å²) < 4.78 is 1.01. The molecule has 0 radical (unpaired) electrons. The molecule has 0 spiro atoms. The topological polar surface area (TPSA) is 61.4 Å². The van der Waals surface area contributed by atoms with E-state index in [1.807, 2.05) is 38.1 Å². The van der Waals surface area contributed by atoms with Crippen molar-refractivity contribution < 1.29 is 9.59 Å². The van der Waals surface area contributed by atoms with Crippen molar-refractivity contribution in [2.45, 2.75) is 39.3 Å². The summed E-state index contributed by atoms with van der Waals surface area (Å²) in [6.45, 7) is 4.84. The first kappa shape index (κ1) is 18.5. The van der Waals surface area contributed by atoms with Crippen LogP contribution in [0.2, 0.25) is 0 Å². The SMILES string of the molecule is CCC(C)NC(=O)CCNC(=O)N(C)Cc1ccc(Br)cc1. The first-order valence-corrected chi connectivity index (χ1v) is 8.24. The first-order chi connectivity index (χ1) is 10.4. The smallest absolute Gasteiger partial charge is 0.317 e. The van der Waals surface area contributed by atoms with Crippen LogP contribution in [0.3, 0.4) is 0 Å². The summed E-state index contributed by atoms with van der Waals surface area (Å²) in [5, 5.41) is 5.62. The highest BCUT2D eigenvalue weighted by atomic mass is 79.9. The van der Waals surface area contributed by atoms with Gasteiger partial charge in [0.2, 0.25) is 5.91 Å². The van der Waals surface area contributed by atoms with Gasteiger partial charge in [-0.1, -0.05) is 35.0 Å². The zero-order valence-electron chi connectivity index (χ0n) is 13.4. The van der Waals surface area contributed by atoms with Crippen molar-refractivity contribution in [2.24, 2.45) is 0 Å². The van der Waals surface area contributed by atoms with Crippen molar-refractivity contribution in [3.05, 3.63) is 34.3 Å². The number of urea groups is 1. The third-order valence-electron chi connectivity index (χ3n) is 3.33. The third kappa shape index (κ3) is 6.93. The van der Waals surface area contributed by atoms with Gasteiger partial charge in [-0.2, -0.15) is 0 Å². The Morgan fingerprint density at radius 3 is 2.50 bits per heavy atom. The van der Waals surface area contributed by atoms with Crippen LogP contribution in [0.4, 0.5) is 4.79 Å². The van der Waals surface area contributed by atoms with Gasteiger partial charge < -0.3 is 15.5 Å². The van der Waals surface area contributed by atoms with E-state index in [0.29, 0.717) is 19.5 Å². The molecule has 1 atom stereocenters. The van der Waals surface area contributed by atoms with E-state index in [4.69, 9.17) is 0 Å². The van der Waals surface area contributed by atoms with Gasteiger partial charge in [-0.15, -0.1) is 0 Å². The van der Waals surface area contributed by atoms with Crippen molar-refractivity contribution in [2.75, 3.05) is 13.6 Å². The van der Waals surface area contributed by atoms with Gasteiger partial charge in [0.05, 0.1) is 0 Å². The Balaban J connectivity index is 2.29. The number of amides is 3. The van der Waals surface area contributed by atoms with E-state index in [9.17, 15) is 9.59 Å². The average Bonchev–Trinajstić information content (AvgIpc) is 2.49. The highest BCUT2D eigenvalue weighted by molar-refractivity contribution is 9.10. The van der Waals surface area contributed by atoms with Crippen LogP contribution in [0.25, 0.3) is 0 Å². The third-order valence-corrected chi connectivity index (χ3v) is 3.86. The number of hydrogen-bond acceptors (Lipinski definition) is 2. The van der Waals surface area contributed by atoms with Crippen molar-refractivity contribution in [3.8, 4) is 0 Å². The van der Waals surface area contributed by atoms with Crippen LogP contribution in [-0.4, -0.2) is 36.5 Å². The number of nitrogens with zero attached hydrogens (tertiary/aromatic N) is 1. The molecule has 22 heavy (non-hydrogen) atoms. The van der Waals surface area contributed by atoms with E-state index >= 15 is 0 Å². The Kier molecular flexibility index (Phi) is 7.95. The number of halogens is 1. The number of nitrogens with one attached hydrogen (secondary N) is 2. The maximum atomic E-state index is 11.9. The van der Waals surface area contributed by atoms with Crippen LogP contribution in [0.15, 0.2) is 28.7 Å². The van der Waals surface area contributed by atoms with Gasteiger partial charge in [0.15, 0.2) is 0 Å². The molecule has 6 heteroatoms. The molecule has 0 bridgehead atoms. The fourth-order valence-corrected chi connectivity index (χ4v) is 2.07. The quantitative estimate of drug-likeness (QED) is 0.775. The molecule has 1 rings (SSSR count). The lowest BCUT2D eigenvalue weighted by Gasteiger charge is -2.18. The lowest BCUT2D eigenvalue weighted by Crippen LogP contribution is -2.39. The Bertz CT molecular complexity index is 491. The molecule has 0 fully saturated rings. The summed E-state index contributed by atoms with van der Waals surface area (Å²) in [5.41, 5.74) is 1.05. The van der Waals surface area contributed by atoms with Gasteiger partial charge in [0.25, 0.3) is 0 Å². The van der Waals surface area contributed by atoms with Crippen molar-refractivity contribution in [1.82, 2.24) is 15.5 Å². The van der Waals surface area contributed by atoms with Gasteiger partial charge in [-0.25, -0.2) is 4.79 Å². The summed E-state index contributed by atoms with van der Waals surface area (Å²) in [6.07, 6.45) is 1.19. The molecule has 1 aromatic rings. The summed E-state index contributed by atoms with van der Waals surface area (Å²) in [7, 11) is 1.73. The summed E-state index contributed by atoms with van der Waals surface area (Å²) >= 11 is 3.38. The number of rotatable bonds is 7. The maximum absolute atomic E-state index is 11.9. The van der Waals surface area contributed by atoms with E-state index in [1.54, 1.807) is 11.9 Å². The molecule has 122 valence electrons. The molecule has 0 aromatic heterocycles. The molecule has 0 heterocycles. The minimum Gasteiger partial charge on any atom is -0.354 e. The minimum atomic E-state index is -0.181. The molecular formula is C16H24BrN3O2. The van der Waals surface area contributed by atoms with Crippen LogP contribution in [0.1, 0.15) is 32.3 Å². The number of benzene rings is 1. The Labute approximate surface area is 140 Å². The second-order valence-corrected chi connectivity index (χ2v) is 6.26. The van der Waals surface area contributed by atoms with Crippen LogP contribution >= 0.6 is 15.9 Å². The van der Waals surface area contributed by atoms with E-state index < -0.39 is 0 Å². The summed E-state index contributed by atoms with van der Waals surface area (Å²) in [6, 6.07) is 7.81. The van der Waals surface area contributed by atoms with Gasteiger partial charge in [0, 0.05) is 37.1 Å². The fraction of sp³-hybridized carbons (Fsp3) is 0.500. The van der Waals surface area contributed by atoms with E-state index in [0.717, 1.165) is 16.5 Å². The molecule has 1 unspecified atom stereocenters. The summed E-state index contributed by atoms with van der Waals surface area (Å²) in [5.74, 6) is -0.0368. The molecular weight excluding hydrogens is 346 g/mol. The molecule has 0 aliphatic carbocycles. The van der Waals surface area contributed by atoms with Crippen LogP contribution in [-0.2, 0) is 11.3 Å². The molecule has 0 saturated heterocycles. The normalized spacial score (nSPS) is 11.6. The molecule has 0 aliphatic heterocycles. The van der Waals surface area contributed by atoms with Gasteiger partial charge in [-0.3, -0.25) is 4.79 Å². The number of hydrogen-bond donors (Lipinski definition) is 2.